The summed E-state index contributed by atoms with van der Waals surface area (Å²) < 4.78 is 45.9. The van der Waals surface area contributed by atoms with E-state index < -0.39 is 9.84 Å². The van der Waals surface area contributed by atoms with Crippen LogP contribution in [0.2, 0.25) is 0 Å². The molecule has 180 valence electrons. The maximum absolute atomic E-state index is 13.2. The smallest absolute Gasteiger partial charge is 0.251 e. The van der Waals surface area contributed by atoms with Gasteiger partial charge in [-0.15, -0.1) is 0 Å². The molecular formula is C24H31NO7S. The predicted octanol–water partition coefficient (Wildman–Crippen LogP) is 3.58. The number of benzene rings is 2. The molecule has 0 aliphatic heterocycles. The molecule has 0 unspecified atom stereocenters. The molecule has 0 saturated heterocycles. The zero-order chi connectivity index (χ0) is 24.2. The van der Waals surface area contributed by atoms with E-state index in [4.69, 9.17) is 18.9 Å². The normalized spacial score (nSPS) is 18.3. The number of carbonyl (C=O) groups is 1. The van der Waals surface area contributed by atoms with E-state index in [1.54, 1.807) is 14.2 Å². The molecule has 1 saturated carbocycles. The molecule has 0 radical (unpaired) electrons. The Hall–Kier alpha value is -2.94. The maximum atomic E-state index is 13.2. The van der Waals surface area contributed by atoms with Crippen molar-refractivity contribution in [1.29, 1.82) is 0 Å². The van der Waals surface area contributed by atoms with Gasteiger partial charge < -0.3 is 24.3 Å². The first-order valence-electron chi connectivity index (χ1n) is 10.7. The first-order valence-corrected chi connectivity index (χ1v) is 12.6. The first kappa shape index (κ1) is 24.7. The molecule has 0 heterocycles. The summed E-state index contributed by atoms with van der Waals surface area (Å²) in [5.41, 5.74) is 1.26. The fraction of sp³-hybridized carbons (Fsp3) is 0.458. The summed E-state index contributed by atoms with van der Waals surface area (Å²) >= 11 is 0. The van der Waals surface area contributed by atoms with Crippen LogP contribution < -0.4 is 24.3 Å². The highest BCUT2D eigenvalue weighted by Gasteiger charge is 2.30. The van der Waals surface area contributed by atoms with E-state index in [-0.39, 0.29) is 39.8 Å². The second kappa shape index (κ2) is 10.3. The number of rotatable bonds is 8. The van der Waals surface area contributed by atoms with E-state index in [0.29, 0.717) is 11.5 Å². The molecule has 2 aromatic carbocycles. The van der Waals surface area contributed by atoms with Crippen LogP contribution in [0.3, 0.4) is 0 Å². The molecule has 1 aliphatic carbocycles. The van der Waals surface area contributed by atoms with Gasteiger partial charge in [0.15, 0.2) is 32.8 Å². The summed E-state index contributed by atoms with van der Waals surface area (Å²) in [4.78, 5) is 13.1. The summed E-state index contributed by atoms with van der Waals surface area (Å²) in [6, 6.07) is 8.53. The third-order valence-corrected chi connectivity index (χ3v) is 7.13. The Morgan fingerprint density at radius 3 is 2.15 bits per heavy atom. The average Bonchev–Trinajstić information content (AvgIpc) is 2.82. The van der Waals surface area contributed by atoms with Crippen molar-refractivity contribution in [2.45, 2.75) is 42.5 Å². The maximum Gasteiger partial charge on any atom is 0.251 e. The average molecular weight is 478 g/mol. The minimum Gasteiger partial charge on any atom is -0.493 e. The molecule has 0 bridgehead atoms. The molecule has 1 N–H and O–H groups in total. The van der Waals surface area contributed by atoms with E-state index in [1.165, 1.54) is 26.4 Å². The Labute approximate surface area is 195 Å². The van der Waals surface area contributed by atoms with Gasteiger partial charge in [-0.2, -0.15) is 0 Å². The fourth-order valence-corrected chi connectivity index (χ4v) is 5.24. The molecule has 0 aromatic heterocycles. The van der Waals surface area contributed by atoms with Gasteiger partial charge in [-0.05, 0) is 42.7 Å². The lowest BCUT2D eigenvalue weighted by Gasteiger charge is -2.33. The van der Waals surface area contributed by atoms with Gasteiger partial charge in [-0.1, -0.05) is 18.9 Å². The van der Waals surface area contributed by atoms with Gasteiger partial charge in [0.05, 0.1) is 28.4 Å². The molecule has 33 heavy (non-hydrogen) atoms. The van der Waals surface area contributed by atoms with Crippen LogP contribution in [0.5, 0.6) is 23.0 Å². The third kappa shape index (κ3) is 5.35. The van der Waals surface area contributed by atoms with E-state index in [2.05, 4.69) is 5.32 Å². The number of hydrogen-bond acceptors (Lipinski definition) is 7. The van der Waals surface area contributed by atoms with Crippen LogP contribution in [-0.4, -0.2) is 55.1 Å². The van der Waals surface area contributed by atoms with E-state index >= 15 is 0 Å². The largest absolute Gasteiger partial charge is 0.493 e. The van der Waals surface area contributed by atoms with Crippen LogP contribution in [-0.2, 0) is 9.84 Å². The Morgan fingerprint density at radius 2 is 1.55 bits per heavy atom. The Bertz CT molecular complexity index is 1110. The van der Waals surface area contributed by atoms with Gasteiger partial charge >= 0.3 is 0 Å². The summed E-state index contributed by atoms with van der Waals surface area (Å²) in [5.74, 6) is 1.29. The van der Waals surface area contributed by atoms with Crippen molar-refractivity contribution in [3.63, 3.8) is 0 Å². The van der Waals surface area contributed by atoms with Gasteiger partial charge in [0, 0.05) is 23.8 Å². The van der Waals surface area contributed by atoms with Gasteiger partial charge in [0.1, 0.15) is 4.90 Å². The van der Waals surface area contributed by atoms with E-state index in [0.717, 1.165) is 37.5 Å². The van der Waals surface area contributed by atoms with Crippen LogP contribution in [0.4, 0.5) is 0 Å². The Morgan fingerprint density at radius 1 is 0.879 bits per heavy atom. The zero-order valence-electron chi connectivity index (χ0n) is 19.6. The second-order valence-electron chi connectivity index (χ2n) is 8.07. The van der Waals surface area contributed by atoms with Crippen molar-refractivity contribution in [1.82, 2.24) is 5.32 Å². The molecule has 3 rings (SSSR count). The second-order valence-corrected chi connectivity index (χ2v) is 10.1. The van der Waals surface area contributed by atoms with Crippen LogP contribution in [0.1, 0.15) is 47.5 Å². The topological polar surface area (TPSA) is 100 Å². The van der Waals surface area contributed by atoms with Crippen molar-refractivity contribution in [3.8, 4) is 23.0 Å². The number of ether oxygens (including phenoxy) is 4. The quantitative estimate of drug-likeness (QED) is 0.620. The first-order chi connectivity index (χ1) is 15.7. The summed E-state index contributed by atoms with van der Waals surface area (Å²) in [6.07, 6.45) is 4.85. The third-order valence-electron chi connectivity index (χ3n) is 6.02. The van der Waals surface area contributed by atoms with Gasteiger partial charge in [0.2, 0.25) is 0 Å². The minimum atomic E-state index is -3.65. The standard InChI is InChI=1S/C24H31NO7S/c1-29-19-11-10-15(12-20(19)30-2)17-8-6-7-9-18(17)25-24(26)16-13-21(31-3)23(32-4)22(14-16)33(5,27)28/h10-14,17-18H,6-9H2,1-5H3,(H,25,26)/t17-,18-/m1/s1. The molecule has 9 heteroatoms. The van der Waals surface area contributed by atoms with Gasteiger partial charge in [0.25, 0.3) is 5.91 Å². The van der Waals surface area contributed by atoms with Crippen LogP contribution in [0, 0.1) is 0 Å². The van der Waals surface area contributed by atoms with Crippen LogP contribution in [0.25, 0.3) is 0 Å². The summed E-state index contributed by atoms with van der Waals surface area (Å²) in [5, 5.41) is 3.12. The molecule has 8 nitrogen and oxygen atoms in total. The fourth-order valence-electron chi connectivity index (χ4n) is 4.37. The van der Waals surface area contributed by atoms with Crippen molar-refractivity contribution in [3.05, 3.63) is 41.5 Å². The minimum absolute atomic E-state index is 0.0809. The molecule has 2 aromatic rings. The van der Waals surface area contributed by atoms with Crippen molar-refractivity contribution < 1.29 is 32.2 Å². The van der Waals surface area contributed by atoms with Crippen molar-refractivity contribution in [2.24, 2.45) is 0 Å². The summed E-state index contributed by atoms with van der Waals surface area (Å²) in [6.45, 7) is 0. The molecule has 0 spiro atoms. The lowest BCUT2D eigenvalue weighted by molar-refractivity contribution is 0.0920. The van der Waals surface area contributed by atoms with Crippen LogP contribution >= 0.6 is 0 Å². The number of carbonyl (C=O) groups excluding carboxylic acids is 1. The molecule has 1 fully saturated rings. The van der Waals surface area contributed by atoms with Crippen molar-refractivity contribution in [2.75, 3.05) is 34.7 Å². The highest BCUT2D eigenvalue weighted by Crippen LogP contribution is 2.39. The monoisotopic (exact) mass is 477 g/mol. The number of sulfone groups is 1. The zero-order valence-corrected chi connectivity index (χ0v) is 20.5. The predicted molar refractivity (Wildman–Crippen MR) is 125 cm³/mol. The summed E-state index contributed by atoms with van der Waals surface area (Å²) in [7, 11) is 2.31. The Balaban J connectivity index is 1.92. The molecule has 1 amide bonds. The van der Waals surface area contributed by atoms with E-state index in [1.807, 2.05) is 18.2 Å². The molecule has 1 aliphatic rings. The number of amides is 1. The highest BCUT2D eigenvalue weighted by molar-refractivity contribution is 7.90. The lowest BCUT2D eigenvalue weighted by Crippen LogP contribution is -2.41. The molecule has 2 atom stereocenters. The SMILES string of the molecule is COc1ccc([C@H]2CCCC[C@H]2NC(=O)c2cc(OC)c(OC)c(S(C)(=O)=O)c2)cc1OC. The lowest BCUT2D eigenvalue weighted by atomic mass is 9.79. The number of methoxy groups -OCH3 is 4. The number of hydrogen-bond donors (Lipinski definition) is 1. The van der Waals surface area contributed by atoms with Gasteiger partial charge in [-0.3, -0.25) is 4.79 Å². The van der Waals surface area contributed by atoms with E-state index in [9.17, 15) is 13.2 Å². The van der Waals surface area contributed by atoms with Crippen molar-refractivity contribution >= 4 is 15.7 Å². The highest BCUT2D eigenvalue weighted by atomic mass is 32.2. The number of nitrogens with one attached hydrogen (secondary N) is 1. The van der Waals surface area contributed by atoms with Crippen LogP contribution in [0.15, 0.2) is 35.2 Å². The molecular weight excluding hydrogens is 446 g/mol. The Kier molecular flexibility index (Phi) is 7.73. The van der Waals surface area contributed by atoms with Gasteiger partial charge in [-0.25, -0.2) is 8.42 Å².